The molecule has 0 aliphatic heterocycles. The molecule has 0 saturated heterocycles. The van der Waals surface area contributed by atoms with Crippen molar-refractivity contribution in [1.29, 1.82) is 0 Å². The van der Waals surface area contributed by atoms with Crippen LogP contribution in [0.3, 0.4) is 0 Å². The number of rotatable bonds is 3. The van der Waals surface area contributed by atoms with Crippen LogP contribution in [-0.2, 0) is 6.42 Å². The fourth-order valence-electron chi connectivity index (χ4n) is 0.820. The molecule has 1 rings (SSSR count). The molecule has 0 saturated carbocycles. The summed E-state index contributed by atoms with van der Waals surface area (Å²) in [7, 11) is 0. The van der Waals surface area contributed by atoms with Gasteiger partial charge in [-0.1, -0.05) is 22.6 Å². The van der Waals surface area contributed by atoms with Crippen LogP contribution in [-0.4, -0.2) is 9.41 Å². The molecule has 0 aromatic carbocycles. The molecule has 0 aliphatic carbocycles. The van der Waals surface area contributed by atoms with E-state index in [4.69, 9.17) is 0 Å². The zero-order chi connectivity index (χ0) is 7.23. The van der Waals surface area contributed by atoms with Crippen molar-refractivity contribution in [2.75, 3.05) is 4.43 Å². The van der Waals surface area contributed by atoms with Crippen molar-refractivity contribution in [3.05, 3.63) is 30.1 Å². The van der Waals surface area contributed by atoms with Gasteiger partial charge in [-0.05, 0) is 35.0 Å². The molecule has 0 atom stereocenters. The van der Waals surface area contributed by atoms with Gasteiger partial charge in [-0.25, -0.2) is 0 Å². The van der Waals surface area contributed by atoms with Crippen molar-refractivity contribution in [2.45, 2.75) is 12.8 Å². The summed E-state index contributed by atoms with van der Waals surface area (Å²) in [6.45, 7) is 0. The predicted molar refractivity (Wildman–Crippen MR) is 51.4 cm³/mol. The summed E-state index contributed by atoms with van der Waals surface area (Å²) in [6.07, 6.45) is 6.15. The van der Waals surface area contributed by atoms with Gasteiger partial charge >= 0.3 is 0 Å². The van der Waals surface area contributed by atoms with Gasteiger partial charge in [0.05, 0.1) is 0 Å². The number of alkyl halides is 1. The Morgan fingerprint density at radius 3 is 2.60 bits per heavy atom. The van der Waals surface area contributed by atoms with Gasteiger partial charge in [0.2, 0.25) is 0 Å². The average Bonchev–Trinajstić information content (AvgIpc) is 2.03. The minimum absolute atomic E-state index is 1.19. The van der Waals surface area contributed by atoms with E-state index in [9.17, 15) is 0 Å². The van der Waals surface area contributed by atoms with Crippen molar-refractivity contribution in [1.82, 2.24) is 4.98 Å². The van der Waals surface area contributed by atoms with Crippen molar-refractivity contribution >= 4 is 22.6 Å². The predicted octanol–water partition coefficient (Wildman–Crippen LogP) is 2.45. The SMILES string of the molecule is ICCCc1ccncc1. The van der Waals surface area contributed by atoms with Gasteiger partial charge in [-0.3, -0.25) is 4.98 Å². The topological polar surface area (TPSA) is 12.9 Å². The third kappa shape index (κ3) is 2.64. The molecule has 0 amide bonds. The Hall–Kier alpha value is -0.120. The van der Waals surface area contributed by atoms with E-state index in [0.717, 1.165) is 0 Å². The summed E-state index contributed by atoms with van der Waals surface area (Å²) < 4.78 is 1.24. The molecular formula is C8H10IN. The van der Waals surface area contributed by atoms with Gasteiger partial charge in [-0.15, -0.1) is 0 Å². The molecule has 1 aromatic heterocycles. The second kappa shape index (κ2) is 4.66. The van der Waals surface area contributed by atoms with E-state index in [-0.39, 0.29) is 0 Å². The van der Waals surface area contributed by atoms with Crippen LogP contribution in [0.4, 0.5) is 0 Å². The van der Waals surface area contributed by atoms with Crippen LogP contribution in [0.25, 0.3) is 0 Å². The second-order valence-electron chi connectivity index (χ2n) is 2.15. The lowest BCUT2D eigenvalue weighted by molar-refractivity contribution is 0.941. The van der Waals surface area contributed by atoms with Gasteiger partial charge in [0.1, 0.15) is 0 Å². The number of aryl methyl sites for hydroxylation is 1. The molecule has 1 heterocycles. The Kier molecular flexibility index (Phi) is 3.72. The number of pyridine rings is 1. The molecule has 0 unspecified atom stereocenters. The first kappa shape index (κ1) is 7.98. The second-order valence-corrected chi connectivity index (χ2v) is 3.23. The van der Waals surface area contributed by atoms with E-state index in [1.165, 1.54) is 22.8 Å². The van der Waals surface area contributed by atoms with Crippen LogP contribution < -0.4 is 0 Å². The summed E-state index contributed by atoms with van der Waals surface area (Å²) in [5, 5.41) is 0. The Morgan fingerprint density at radius 1 is 1.30 bits per heavy atom. The first-order valence-electron chi connectivity index (χ1n) is 3.38. The van der Waals surface area contributed by atoms with Crippen LogP contribution in [0.2, 0.25) is 0 Å². The zero-order valence-corrected chi connectivity index (χ0v) is 7.91. The van der Waals surface area contributed by atoms with Gasteiger partial charge in [0, 0.05) is 12.4 Å². The first-order chi connectivity index (χ1) is 4.93. The van der Waals surface area contributed by atoms with Crippen molar-refractivity contribution in [2.24, 2.45) is 0 Å². The number of aromatic nitrogens is 1. The largest absolute Gasteiger partial charge is 0.265 e. The van der Waals surface area contributed by atoms with Crippen LogP contribution in [0, 0.1) is 0 Å². The first-order valence-corrected chi connectivity index (χ1v) is 4.91. The lowest BCUT2D eigenvalue weighted by atomic mass is 10.2. The summed E-state index contributed by atoms with van der Waals surface area (Å²) in [6, 6.07) is 4.15. The summed E-state index contributed by atoms with van der Waals surface area (Å²) in [4.78, 5) is 3.95. The van der Waals surface area contributed by atoms with Gasteiger partial charge < -0.3 is 0 Å². The standard InChI is InChI=1S/C8H10IN/c9-5-1-2-8-3-6-10-7-4-8/h3-4,6-7H,1-2,5H2. The van der Waals surface area contributed by atoms with E-state index >= 15 is 0 Å². The Bertz CT molecular complexity index is 174. The van der Waals surface area contributed by atoms with Crippen LogP contribution in [0.1, 0.15) is 12.0 Å². The van der Waals surface area contributed by atoms with E-state index in [1.807, 2.05) is 12.4 Å². The molecule has 1 nitrogen and oxygen atoms in total. The molecule has 10 heavy (non-hydrogen) atoms. The molecule has 0 fully saturated rings. The van der Waals surface area contributed by atoms with Crippen LogP contribution in [0.5, 0.6) is 0 Å². The van der Waals surface area contributed by atoms with Crippen LogP contribution in [0.15, 0.2) is 24.5 Å². The van der Waals surface area contributed by atoms with Gasteiger partial charge in [0.15, 0.2) is 0 Å². The molecule has 0 aliphatic rings. The third-order valence-electron chi connectivity index (χ3n) is 1.35. The highest BCUT2D eigenvalue weighted by Gasteiger charge is 1.88. The van der Waals surface area contributed by atoms with E-state index < -0.39 is 0 Å². The summed E-state index contributed by atoms with van der Waals surface area (Å²) in [5.74, 6) is 0. The smallest absolute Gasteiger partial charge is 0.0270 e. The highest BCUT2D eigenvalue weighted by Crippen LogP contribution is 2.01. The maximum Gasteiger partial charge on any atom is 0.0270 e. The Labute approximate surface area is 75.0 Å². The molecule has 54 valence electrons. The highest BCUT2D eigenvalue weighted by atomic mass is 127. The summed E-state index contributed by atoms with van der Waals surface area (Å²) >= 11 is 2.40. The minimum atomic E-state index is 1.19. The van der Waals surface area contributed by atoms with Crippen molar-refractivity contribution < 1.29 is 0 Å². The lowest BCUT2D eigenvalue weighted by Gasteiger charge is -1.95. The quantitative estimate of drug-likeness (QED) is 0.590. The highest BCUT2D eigenvalue weighted by molar-refractivity contribution is 14.1. The van der Waals surface area contributed by atoms with Crippen molar-refractivity contribution in [3.8, 4) is 0 Å². The van der Waals surface area contributed by atoms with E-state index in [0.29, 0.717) is 0 Å². The number of nitrogens with zero attached hydrogens (tertiary/aromatic N) is 1. The number of hydrogen-bond donors (Lipinski definition) is 0. The third-order valence-corrected chi connectivity index (χ3v) is 2.11. The van der Waals surface area contributed by atoms with Gasteiger partial charge in [0.25, 0.3) is 0 Å². The Balaban J connectivity index is 2.43. The number of hydrogen-bond acceptors (Lipinski definition) is 1. The maximum absolute atomic E-state index is 3.95. The fourth-order valence-corrected chi connectivity index (χ4v) is 1.20. The molecule has 0 spiro atoms. The Morgan fingerprint density at radius 2 is 2.00 bits per heavy atom. The van der Waals surface area contributed by atoms with Crippen molar-refractivity contribution in [3.63, 3.8) is 0 Å². The van der Waals surface area contributed by atoms with E-state index in [1.54, 1.807) is 0 Å². The monoisotopic (exact) mass is 247 g/mol. The molecule has 2 heteroatoms. The fraction of sp³-hybridized carbons (Fsp3) is 0.375. The average molecular weight is 247 g/mol. The van der Waals surface area contributed by atoms with E-state index in [2.05, 4.69) is 39.7 Å². The zero-order valence-electron chi connectivity index (χ0n) is 5.76. The number of halogens is 1. The normalized spacial score (nSPS) is 9.70. The molecule has 1 aromatic rings. The molecule has 0 N–H and O–H groups in total. The summed E-state index contributed by atoms with van der Waals surface area (Å²) in [5.41, 5.74) is 1.40. The molecule has 0 bridgehead atoms. The van der Waals surface area contributed by atoms with Gasteiger partial charge in [-0.2, -0.15) is 0 Å². The maximum atomic E-state index is 3.95. The molecule has 0 radical (unpaired) electrons. The lowest BCUT2D eigenvalue weighted by Crippen LogP contribution is -1.84. The van der Waals surface area contributed by atoms with Crippen LogP contribution >= 0.6 is 22.6 Å². The minimum Gasteiger partial charge on any atom is -0.265 e. The molecular weight excluding hydrogens is 237 g/mol.